The SMILES string of the molecule is COc1ccc(NC(=O)COC(=O)Cc2cccc(C)c2)c(OC)c1. The Hall–Kier alpha value is -3.02. The van der Waals surface area contributed by atoms with Crippen LogP contribution in [0.2, 0.25) is 0 Å². The molecule has 132 valence electrons. The molecule has 25 heavy (non-hydrogen) atoms. The number of hydrogen-bond donors (Lipinski definition) is 1. The zero-order valence-electron chi connectivity index (χ0n) is 14.5. The van der Waals surface area contributed by atoms with E-state index >= 15 is 0 Å². The molecule has 0 aliphatic heterocycles. The summed E-state index contributed by atoms with van der Waals surface area (Å²) in [5.74, 6) is 0.168. The van der Waals surface area contributed by atoms with Crippen molar-refractivity contribution in [3.63, 3.8) is 0 Å². The highest BCUT2D eigenvalue weighted by Crippen LogP contribution is 2.28. The Bertz CT molecular complexity index is 757. The summed E-state index contributed by atoms with van der Waals surface area (Å²) in [6.07, 6.45) is 0.126. The average molecular weight is 343 g/mol. The van der Waals surface area contributed by atoms with Crippen molar-refractivity contribution in [2.45, 2.75) is 13.3 Å². The Labute approximate surface area is 146 Å². The first-order valence-electron chi connectivity index (χ1n) is 7.75. The Kier molecular flexibility index (Phi) is 6.39. The number of methoxy groups -OCH3 is 2. The lowest BCUT2D eigenvalue weighted by Crippen LogP contribution is -2.22. The molecule has 0 atom stereocenters. The van der Waals surface area contributed by atoms with Gasteiger partial charge in [0, 0.05) is 6.07 Å². The van der Waals surface area contributed by atoms with Crippen LogP contribution < -0.4 is 14.8 Å². The number of nitrogens with one attached hydrogen (secondary N) is 1. The summed E-state index contributed by atoms with van der Waals surface area (Å²) >= 11 is 0. The molecule has 2 aromatic carbocycles. The number of rotatable bonds is 7. The fraction of sp³-hybridized carbons (Fsp3) is 0.263. The van der Waals surface area contributed by atoms with E-state index in [1.807, 2.05) is 31.2 Å². The first-order valence-corrected chi connectivity index (χ1v) is 7.75. The summed E-state index contributed by atoms with van der Waals surface area (Å²) < 4.78 is 15.3. The molecule has 0 radical (unpaired) electrons. The van der Waals surface area contributed by atoms with E-state index in [4.69, 9.17) is 14.2 Å². The molecule has 0 aliphatic carbocycles. The van der Waals surface area contributed by atoms with Crippen LogP contribution in [0.4, 0.5) is 5.69 Å². The van der Waals surface area contributed by atoms with Crippen LogP contribution in [0, 0.1) is 6.92 Å². The van der Waals surface area contributed by atoms with E-state index in [1.165, 1.54) is 7.11 Å². The van der Waals surface area contributed by atoms with Gasteiger partial charge in [-0.05, 0) is 24.6 Å². The Morgan fingerprint density at radius 1 is 1.04 bits per heavy atom. The molecule has 0 fully saturated rings. The van der Waals surface area contributed by atoms with Gasteiger partial charge in [-0.2, -0.15) is 0 Å². The normalized spacial score (nSPS) is 10.0. The summed E-state index contributed by atoms with van der Waals surface area (Å²) in [4.78, 5) is 23.8. The monoisotopic (exact) mass is 343 g/mol. The van der Waals surface area contributed by atoms with Gasteiger partial charge in [0.25, 0.3) is 5.91 Å². The van der Waals surface area contributed by atoms with Crippen molar-refractivity contribution < 1.29 is 23.8 Å². The third-order valence-electron chi connectivity index (χ3n) is 3.48. The lowest BCUT2D eigenvalue weighted by atomic mass is 10.1. The molecule has 0 saturated heterocycles. The highest BCUT2D eigenvalue weighted by atomic mass is 16.5. The van der Waals surface area contributed by atoms with Gasteiger partial charge < -0.3 is 19.5 Å². The maximum atomic E-state index is 12.0. The number of benzene rings is 2. The van der Waals surface area contributed by atoms with E-state index in [0.29, 0.717) is 17.2 Å². The van der Waals surface area contributed by atoms with E-state index in [0.717, 1.165) is 11.1 Å². The Balaban J connectivity index is 1.87. The fourth-order valence-electron chi connectivity index (χ4n) is 2.27. The molecule has 0 heterocycles. The van der Waals surface area contributed by atoms with Crippen LogP contribution in [0.3, 0.4) is 0 Å². The van der Waals surface area contributed by atoms with Crippen LogP contribution in [0.15, 0.2) is 42.5 Å². The summed E-state index contributed by atoms with van der Waals surface area (Å²) in [7, 11) is 3.03. The quantitative estimate of drug-likeness (QED) is 0.783. The zero-order valence-corrected chi connectivity index (χ0v) is 14.5. The molecule has 0 aliphatic rings. The minimum Gasteiger partial charge on any atom is -0.497 e. The second-order valence-electron chi connectivity index (χ2n) is 5.44. The van der Waals surface area contributed by atoms with Crippen molar-refractivity contribution in [3.05, 3.63) is 53.6 Å². The zero-order chi connectivity index (χ0) is 18.2. The number of esters is 1. The molecule has 0 spiro atoms. The van der Waals surface area contributed by atoms with Crippen LogP contribution in [0.25, 0.3) is 0 Å². The largest absolute Gasteiger partial charge is 0.497 e. The average Bonchev–Trinajstić information content (AvgIpc) is 2.60. The van der Waals surface area contributed by atoms with Crippen LogP contribution in [0.5, 0.6) is 11.5 Å². The maximum absolute atomic E-state index is 12.0. The molecule has 2 rings (SSSR count). The molecule has 1 amide bonds. The second kappa shape index (κ2) is 8.73. The molecule has 1 N–H and O–H groups in total. The van der Waals surface area contributed by atoms with Crippen LogP contribution in [0.1, 0.15) is 11.1 Å². The van der Waals surface area contributed by atoms with Crippen molar-refractivity contribution in [1.82, 2.24) is 0 Å². The van der Waals surface area contributed by atoms with Gasteiger partial charge in [-0.3, -0.25) is 9.59 Å². The highest BCUT2D eigenvalue weighted by molar-refractivity contribution is 5.94. The number of ether oxygens (including phenoxy) is 3. The van der Waals surface area contributed by atoms with Gasteiger partial charge in [-0.15, -0.1) is 0 Å². The molecular weight excluding hydrogens is 322 g/mol. The van der Waals surface area contributed by atoms with Gasteiger partial charge in [0.05, 0.1) is 26.3 Å². The maximum Gasteiger partial charge on any atom is 0.310 e. The molecule has 6 heteroatoms. The molecule has 2 aromatic rings. The number of carbonyl (C=O) groups is 2. The number of anilines is 1. The van der Waals surface area contributed by atoms with Gasteiger partial charge in [0.1, 0.15) is 11.5 Å². The third kappa shape index (κ3) is 5.53. The highest BCUT2D eigenvalue weighted by Gasteiger charge is 2.12. The van der Waals surface area contributed by atoms with Crippen molar-refractivity contribution in [3.8, 4) is 11.5 Å². The van der Waals surface area contributed by atoms with Crippen molar-refractivity contribution in [2.24, 2.45) is 0 Å². The molecular formula is C19H21NO5. The van der Waals surface area contributed by atoms with Crippen LogP contribution >= 0.6 is 0 Å². The first kappa shape index (κ1) is 18.3. The van der Waals surface area contributed by atoms with E-state index in [1.54, 1.807) is 25.3 Å². The molecule has 6 nitrogen and oxygen atoms in total. The summed E-state index contributed by atoms with van der Waals surface area (Å²) in [5.41, 5.74) is 2.39. The van der Waals surface area contributed by atoms with Gasteiger partial charge in [-0.1, -0.05) is 29.8 Å². The van der Waals surface area contributed by atoms with E-state index in [9.17, 15) is 9.59 Å². The number of amides is 1. The minimum atomic E-state index is -0.456. The van der Waals surface area contributed by atoms with E-state index in [2.05, 4.69) is 5.32 Å². The number of aryl methyl sites for hydroxylation is 1. The topological polar surface area (TPSA) is 73.9 Å². The molecule has 0 saturated carbocycles. The smallest absolute Gasteiger partial charge is 0.310 e. The minimum absolute atomic E-state index is 0.126. The van der Waals surface area contributed by atoms with Gasteiger partial charge >= 0.3 is 5.97 Å². The first-order chi connectivity index (χ1) is 12.0. The second-order valence-corrected chi connectivity index (χ2v) is 5.44. The van der Waals surface area contributed by atoms with Crippen molar-refractivity contribution in [1.29, 1.82) is 0 Å². The molecule has 0 unspecified atom stereocenters. The van der Waals surface area contributed by atoms with Crippen molar-refractivity contribution in [2.75, 3.05) is 26.1 Å². The standard InChI is InChI=1S/C19H21NO5/c1-13-5-4-6-14(9-13)10-19(22)25-12-18(21)20-16-8-7-15(23-2)11-17(16)24-3/h4-9,11H,10,12H2,1-3H3,(H,20,21). The van der Waals surface area contributed by atoms with Crippen LogP contribution in [-0.2, 0) is 20.7 Å². The predicted molar refractivity (Wildman–Crippen MR) is 94.0 cm³/mol. The molecule has 0 aromatic heterocycles. The van der Waals surface area contributed by atoms with Crippen molar-refractivity contribution >= 4 is 17.6 Å². The van der Waals surface area contributed by atoms with E-state index in [-0.39, 0.29) is 13.0 Å². The van der Waals surface area contributed by atoms with Gasteiger partial charge in [0.15, 0.2) is 6.61 Å². The van der Waals surface area contributed by atoms with Crippen LogP contribution in [-0.4, -0.2) is 32.7 Å². The Morgan fingerprint density at radius 3 is 2.52 bits per heavy atom. The summed E-state index contributed by atoms with van der Waals surface area (Å²) in [5, 5.41) is 2.64. The fourth-order valence-corrected chi connectivity index (χ4v) is 2.27. The third-order valence-corrected chi connectivity index (χ3v) is 3.48. The Morgan fingerprint density at radius 2 is 1.84 bits per heavy atom. The summed E-state index contributed by atoms with van der Waals surface area (Å²) in [6, 6.07) is 12.6. The number of hydrogen-bond acceptors (Lipinski definition) is 5. The summed E-state index contributed by atoms with van der Waals surface area (Å²) in [6.45, 7) is 1.59. The lowest BCUT2D eigenvalue weighted by Gasteiger charge is -2.12. The van der Waals surface area contributed by atoms with Gasteiger partial charge in [-0.25, -0.2) is 0 Å². The van der Waals surface area contributed by atoms with E-state index < -0.39 is 11.9 Å². The lowest BCUT2D eigenvalue weighted by molar-refractivity contribution is -0.146. The molecule has 0 bridgehead atoms. The number of carbonyl (C=O) groups excluding carboxylic acids is 2. The van der Waals surface area contributed by atoms with Gasteiger partial charge in [0.2, 0.25) is 0 Å². The predicted octanol–water partition coefficient (Wildman–Crippen LogP) is 2.74.